The SMILES string of the molecule is Cc1nn(C)cc1-n1c(C(F)(F)F)nc2cc(N)ccc21. The van der Waals surface area contributed by atoms with Gasteiger partial charge in [-0.2, -0.15) is 18.3 Å². The lowest BCUT2D eigenvalue weighted by atomic mass is 10.2. The lowest BCUT2D eigenvalue weighted by Crippen LogP contribution is -2.14. The van der Waals surface area contributed by atoms with E-state index in [0.29, 0.717) is 22.6 Å². The summed E-state index contributed by atoms with van der Waals surface area (Å²) >= 11 is 0. The minimum Gasteiger partial charge on any atom is -0.399 e. The number of hydrogen-bond donors (Lipinski definition) is 1. The van der Waals surface area contributed by atoms with Crippen molar-refractivity contribution in [1.29, 1.82) is 0 Å². The van der Waals surface area contributed by atoms with Crippen LogP contribution in [-0.4, -0.2) is 19.3 Å². The van der Waals surface area contributed by atoms with Crippen LogP contribution < -0.4 is 5.73 Å². The number of aromatic nitrogens is 4. The number of nitrogens with zero attached hydrogens (tertiary/aromatic N) is 4. The van der Waals surface area contributed by atoms with E-state index in [2.05, 4.69) is 10.1 Å². The molecule has 2 aromatic heterocycles. The molecule has 8 heteroatoms. The maximum Gasteiger partial charge on any atom is 0.450 e. The molecule has 0 fully saturated rings. The van der Waals surface area contributed by atoms with Crippen LogP contribution in [0.5, 0.6) is 0 Å². The van der Waals surface area contributed by atoms with E-state index in [4.69, 9.17) is 5.73 Å². The largest absolute Gasteiger partial charge is 0.450 e. The lowest BCUT2D eigenvalue weighted by molar-refractivity contribution is -0.145. The average Bonchev–Trinajstić information content (AvgIpc) is 2.88. The molecule has 2 heterocycles. The maximum atomic E-state index is 13.3. The number of nitrogen functional groups attached to an aromatic ring is 1. The van der Waals surface area contributed by atoms with E-state index in [-0.39, 0.29) is 5.52 Å². The van der Waals surface area contributed by atoms with E-state index in [9.17, 15) is 13.2 Å². The first-order valence-electron chi connectivity index (χ1n) is 6.13. The van der Waals surface area contributed by atoms with Crippen LogP contribution in [0.15, 0.2) is 24.4 Å². The number of imidazole rings is 1. The van der Waals surface area contributed by atoms with E-state index in [0.717, 1.165) is 4.57 Å². The number of anilines is 1. The van der Waals surface area contributed by atoms with E-state index in [1.807, 2.05) is 0 Å². The number of benzene rings is 1. The van der Waals surface area contributed by atoms with Gasteiger partial charge >= 0.3 is 6.18 Å². The number of alkyl halides is 3. The Labute approximate surface area is 117 Å². The van der Waals surface area contributed by atoms with Gasteiger partial charge < -0.3 is 5.73 Å². The van der Waals surface area contributed by atoms with Crippen LogP contribution in [0.3, 0.4) is 0 Å². The van der Waals surface area contributed by atoms with E-state index in [1.165, 1.54) is 23.0 Å². The summed E-state index contributed by atoms with van der Waals surface area (Å²) in [5.41, 5.74) is 7.35. The fourth-order valence-electron chi connectivity index (χ4n) is 2.34. The van der Waals surface area contributed by atoms with Crippen molar-refractivity contribution in [3.63, 3.8) is 0 Å². The topological polar surface area (TPSA) is 61.7 Å². The standard InChI is InChI=1S/C13H12F3N5/c1-7-11(6-20(2)19-7)21-10-4-3-8(17)5-9(10)18-12(21)13(14,15)16/h3-6H,17H2,1-2H3. The molecule has 21 heavy (non-hydrogen) atoms. The molecule has 0 bridgehead atoms. The molecule has 0 aliphatic heterocycles. The second-order valence-electron chi connectivity index (χ2n) is 4.79. The Morgan fingerprint density at radius 1 is 1.24 bits per heavy atom. The van der Waals surface area contributed by atoms with Crippen LogP contribution in [0, 0.1) is 6.92 Å². The zero-order chi connectivity index (χ0) is 15.4. The van der Waals surface area contributed by atoms with Gasteiger partial charge in [-0.1, -0.05) is 0 Å². The second-order valence-corrected chi connectivity index (χ2v) is 4.79. The molecule has 0 radical (unpaired) electrons. The molecule has 0 saturated heterocycles. The predicted octanol–water partition coefficient (Wildman–Crippen LogP) is 2.67. The highest BCUT2D eigenvalue weighted by Gasteiger charge is 2.38. The molecule has 0 saturated carbocycles. The van der Waals surface area contributed by atoms with Crippen LogP contribution >= 0.6 is 0 Å². The highest BCUT2D eigenvalue weighted by molar-refractivity contribution is 5.81. The average molecular weight is 295 g/mol. The second kappa shape index (κ2) is 4.24. The molecule has 3 aromatic rings. The highest BCUT2D eigenvalue weighted by Crippen LogP contribution is 2.34. The first-order chi connectivity index (χ1) is 9.77. The van der Waals surface area contributed by atoms with Crippen molar-refractivity contribution in [3.8, 4) is 5.69 Å². The number of fused-ring (bicyclic) bond motifs is 1. The summed E-state index contributed by atoms with van der Waals surface area (Å²) in [5, 5.41) is 4.09. The number of nitrogens with two attached hydrogens (primary N) is 1. The fourth-order valence-corrected chi connectivity index (χ4v) is 2.34. The third-order valence-electron chi connectivity index (χ3n) is 3.16. The van der Waals surface area contributed by atoms with Gasteiger partial charge in [0.05, 0.1) is 22.4 Å². The molecule has 1 aromatic carbocycles. The molecule has 0 amide bonds. The normalized spacial score (nSPS) is 12.2. The Bertz CT molecular complexity index is 828. The molecule has 5 nitrogen and oxygen atoms in total. The highest BCUT2D eigenvalue weighted by atomic mass is 19.4. The zero-order valence-electron chi connectivity index (χ0n) is 11.3. The van der Waals surface area contributed by atoms with Gasteiger partial charge in [-0.3, -0.25) is 9.25 Å². The third-order valence-corrected chi connectivity index (χ3v) is 3.16. The van der Waals surface area contributed by atoms with Gasteiger partial charge in [-0.15, -0.1) is 0 Å². The quantitative estimate of drug-likeness (QED) is 0.702. The molecular weight excluding hydrogens is 283 g/mol. The molecule has 2 N–H and O–H groups in total. The maximum absolute atomic E-state index is 13.3. The Kier molecular flexibility index (Phi) is 2.72. The van der Waals surface area contributed by atoms with Crippen LogP contribution in [0.1, 0.15) is 11.5 Å². The molecule has 0 spiro atoms. The smallest absolute Gasteiger partial charge is 0.399 e. The van der Waals surface area contributed by atoms with Crippen molar-refractivity contribution in [2.75, 3.05) is 5.73 Å². The van der Waals surface area contributed by atoms with Gasteiger partial charge in [-0.25, -0.2) is 4.98 Å². The van der Waals surface area contributed by atoms with E-state index in [1.54, 1.807) is 20.0 Å². The summed E-state index contributed by atoms with van der Waals surface area (Å²) in [6.07, 6.45) is -3.04. The van der Waals surface area contributed by atoms with E-state index < -0.39 is 12.0 Å². The van der Waals surface area contributed by atoms with Crippen LogP contribution in [-0.2, 0) is 13.2 Å². The van der Waals surface area contributed by atoms with Crippen LogP contribution in [0.2, 0.25) is 0 Å². The summed E-state index contributed by atoms with van der Waals surface area (Å²) in [4.78, 5) is 3.69. The molecular formula is C13H12F3N5. The Hall–Kier alpha value is -2.51. The van der Waals surface area contributed by atoms with Crippen LogP contribution in [0.25, 0.3) is 16.7 Å². The molecule has 110 valence electrons. The number of rotatable bonds is 1. The molecule has 0 aliphatic rings. The number of hydrogen-bond acceptors (Lipinski definition) is 3. The minimum absolute atomic E-state index is 0.200. The van der Waals surface area contributed by atoms with Crippen molar-refractivity contribution < 1.29 is 13.2 Å². The molecule has 3 rings (SSSR count). The van der Waals surface area contributed by atoms with Crippen LogP contribution in [0.4, 0.5) is 18.9 Å². The minimum atomic E-state index is -4.57. The van der Waals surface area contributed by atoms with Crippen molar-refractivity contribution >= 4 is 16.7 Å². The summed E-state index contributed by atoms with van der Waals surface area (Å²) in [6.45, 7) is 1.65. The Balaban J connectivity index is 2.41. The third kappa shape index (κ3) is 2.12. The first kappa shape index (κ1) is 13.5. The number of aryl methyl sites for hydroxylation is 2. The molecule has 0 unspecified atom stereocenters. The molecule has 0 aliphatic carbocycles. The van der Waals surface area contributed by atoms with Gasteiger partial charge in [0.15, 0.2) is 0 Å². The van der Waals surface area contributed by atoms with Gasteiger partial charge in [0.25, 0.3) is 0 Å². The van der Waals surface area contributed by atoms with Crippen molar-refractivity contribution in [2.24, 2.45) is 7.05 Å². The molecule has 0 atom stereocenters. The predicted molar refractivity (Wildman–Crippen MR) is 72.0 cm³/mol. The van der Waals surface area contributed by atoms with Gasteiger partial charge in [0.2, 0.25) is 5.82 Å². The van der Waals surface area contributed by atoms with Crippen molar-refractivity contribution in [3.05, 3.63) is 35.9 Å². The Morgan fingerprint density at radius 3 is 2.52 bits per heavy atom. The summed E-state index contributed by atoms with van der Waals surface area (Å²) in [7, 11) is 1.65. The Morgan fingerprint density at radius 2 is 1.95 bits per heavy atom. The summed E-state index contributed by atoms with van der Waals surface area (Å²) in [6, 6.07) is 4.50. The monoisotopic (exact) mass is 295 g/mol. The summed E-state index contributed by atoms with van der Waals surface area (Å²) < 4.78 is 42.3. The fraction of sp³-hybridized carbons (Fsp3) is 0.231. The van der Waals surface area contributed by atoms with Gasteiger partial charge in [0.1, 0.15) is 0 Å². The number of halogens is 3. The van der Waals surface area contributed by atoms with Crippen molar-refractivity contribution in [1.82, 2.24) is 19.3 Å². The van der Waals surface area contributed by atoms with E-state index >= 15 is 0 Å². The summed E-state index contributed by atoms with van der Waals surface area (Å²) in [5.74, 6) is -0.987. The zero-order valence-corrected chi connectivity index (χ0v) is 11.3. The van der Waals surface area contributed by atoms with Crippen molar-refractivity contribution in [2.45, 2.75) is 13.1 Å². The van der Waals surface area contributed by atoms with Gasteiger partial charge in [-0.05, 0) is 25.1 Å². The first-order valence-corrected chi connectivity index (χ1v) is 6.13. The lowest BCUT2D eigenvalue weighted by Gasteiger charge is -2.10. The van der Waals surface area contributed by atoms with Gasteiger partial charge in [0, 0.05) is 18.9 Å².